The number of fused-ring (bicyclic) bond motifs is 1. The van der Waals surface area contributed by atoms with Gasteiger partial charge in [0.2, 0.25) is 0 Å². The fourth-order valence-corrected chi connectivity index (χ4v) is 2.44. The van der Waals surface area contributed by atoms with Gasteiger partial charge >= 0.3 is 0 Å². The second kappa shape index (κ2) is 6.07. The minimum Gasteiger partial charge on any atom is -0.328 e. The normalized spacial score (nSPS) is 13.3. The molecule has 1 heterocycles. The van der Waals surface area contributed by atoms with E-state index in [1.807, 2.05) is 18.2 Å². The Balaban J connectivity index is 2.52. The highest BCUT2D eigenvalue weighted by Gasteiger charge is 2.22. The minimum atomic E-state index is 0.224. The Kier molecular flexibility index (Phi) is 4.58. The van der Waals surface area contributed by atoms with Gasteiger partial charge in [-0.3, -0.25) is 0 Å². The number of hydrogen-bond donors (Lipinski definition) is 0. The van der Waals surface area contributed by atoms with E-state index in [1.54, 1.807) is 0 Å². The van der Waals surface area contributed by atoms with E-state index < -0.39 is 0 Å². The lowest BCUT2D eigenvalue weighted by Crippen LogP contribution is -2.23. The SMILES string of the molecule is CC(Cn1c(CCCl)nc2ccc(C#N)cc21)C(C)(C)C. The van der Waals surface area contributed by atoms with Crippen LogP contribution in [0.2, 0.25) is 0 Å². The van der Waals surface area contributed by atoms with E-state index in [0.29, 0.717) is 17.4 Å². The highest BCUT2D eigenvalue weighted by molar-refractivity contribution is 6.17. The molecular weight excluding hydrogens is 282 g/mol. The Morgan fingerprint density at radius 2 is 2.10 bits per heavy atom. The summed E-state index contributed by atoms with van der Waals surface area (Å²) >= 11 is 5.91. The van der Waals surface area contributed by atoms with Crippen molar-refractivity contribution in [3.05, 3.63) is 29.6 Å². The zero-order chi connectivity index (χ0) is 15.6. The number of benzene rings is 1. The van der Waals surface area contributed by atoms with Gasteiger partial charge < -0.3 is 4.57 Å². The van der Waals surface area contributed by atoms with E-state index in [9.17, 15) is 0 Å². The molecule has 112 valence electrons. The molecule has 0 amide bonds. The first-order chi connectivity index (χ1) is 9.86. The van der Waals surface area contributed by atoms with Gasteiger partial charge in [0.15, 0.2) is 0 Å². The van der Waals surface area contributed by atoms with E-state index in [2.05, 4.69) is 43.3 Å². The molecule has 0 fully saturated rings. The number of nitrogens with zero attached hydrogens (tertiary/aromatic N) is 3. The van der Waals surface area contributed by atoms with Crippen molar-refractivity contribution < 1.29 is 0 Å². The number of alkyl halides is 1. The molecular formula is C17H22ClN3. The summed E-state index contributed by atoms with van der Waals surface area (Å²) in [5, 5.41) is 9.11. The quantitative estimate of drug-likeness (QED) is 0.787. The van der Waals surface area contributed by atoms with Crippen LogP contribution in [0.15, 0.2) is 18.2 Å². The van der Waals surface area contributed by atoms with Gasteiger partial charge in [-0.15, -0.1) is 11.6 Å². The average Bonchev–Trinajstić information content (AvgIpc) is 2.75. The molecule has 0 saturated heterocycles. The fraction of sp³-hybridized carbons (Fsp3) is 0.529. The van der Waals surface area contributed by atoms with E-state index in [0.717, 1.165) is 29.8 Å². The van der Waals surface area contributed by atoms with E-state index in [-0.39, 0.29) is 5.41 Å². The molecule has 0 radical (unpaired) electrons. The zero-order valence-corrected chi connectivity index (χ0v) is 13.9. The summed E-state index contributed by atoms with van der Waals surface area (Å²) in [6, 6.07) is 7.87. The van der Waals surface area contributed by atoms with Gasteiger partial charge in [-0.05, 0) is 29.5 Å². The number of imidazole rings is 1. The second-order valence-electron chi connectivity index (χ2n) is 6.66. The number of rotatable bonds is 4. The lowest BCUT2D eigenvalue weighted by molar-refractivity contribution is 0.233. The standard InChI is InChI=1S/C17H22ClN3/c1-12(17(2,3)4)11-21-15-9-13(10-19)5-6-14(15)20-16(21)7-8-18/h5-6,9,12H,7-8,11H2,1-4H3. The fourth-order valence-electron chi connectivity index (χ4n) is 2.27. The third-order valence-corrected chi connectivity index (χ3v) is 4.40. The van der Waals surface area contributed by atoms with Crippen molar-refractivity contribution in [2.24, 2.45) is 11.3 Å². The molecule has 1 aromatic carbocycles. The molecule has 1 unspecified atom stereocenters. The second-order valence-corrected chi connectivity index (χ2v) is 7.04. The Morgan fingerprint density at radius 3 is 2.67 bits per heavy atom. The van der Waals surface area contributed by atoms with Crippen LogP contribution in [0.5, 0.6) is 0 Å². The van der Waals surface area contributed by atoms with Gasteiger partial charge in [0.05, 0.1) is 22.7 Å². The smallest absolute Gasteiger partial charge is 0.111 e. The van der Waals surface area contributed by atoms with E-state index in [4.69, 9.17) is 16.9 Å². The van der Waals surface area contributed by atoms with Crippen LogP contribution in [0.4, 0.5) is 0 Å². The average molecular weight is 304 g/mol. The number of nitriles is 1. The number of aryl methyl sites for hydroxylation is 1. The molecule has 0 N–H and O–H groups in total. The zero-order valence-electron chi connectivity index (χ0n) is 13.2. The first-order valence-corrected chi connectivity index (χ1v) is 7.85. The molecule has 21 heavy (non-hydrogen) atoms. The summed E-state index contributed by atoms with van der Waals surface area (Å²) < 4.78 is 2.23. The van der Waals surface area contributed by atoms with Crippen LogP contribution in [-0.2, 0) is 13.0 Å². The predicted molar refractivity (Wildman–Crippen MR) is 87.5 cm³/mol. The minimum absolute atomic E-state index is 0.224. The summed E-state index contributed by atoms with van der Waals surface area (Å²) in [5.41, 5.74) is 2.87. The van der Waals surface area contributed by atoms with Crippen molar-refractivity contribution in [3.63, 3.8) is 0 Å². The summed E-state index contributed by atoms with van der Waals surface area (Å²) in [7, 11) is 0. The molecule has 0 saturated carbocycles. The van der Waals surface area contributed by atoms with Crippen molar-refractivity contribution in [3.8, 4) is 6.07 Å². The first kappa shape index (κ1) is 15.9. The molecule has 4 heteroatoms. The highest BCUT2D eigenvalue weighted by atomic mass is 35.5. The van der Waals surface area contributed by atoms with Gasteiger partial charge in [-0.1, -0.05) is 27.7 Å². The predicted octanol–water partition coefficient (Wildman–Crippen LogP) is 4.37. The summed E-state index contributed by atoms with van der Waals surface area (Å²) in [4.78, 5) is 4.68. The van der Waals surface area contributed by atoms with Gasteiger partial charge in [0.25, 0.3) is 0 Å². The van der Waals surface area contributed by atoms with Crippen molar-refractivity contribution >= 4 is 22.6 Å². The van der Waals surface area contributed by atoms with Gasteiger partial charge in [0, 0.05) is 18.8 Å². The topological polar surface area (TPSA) is 41.6 Å². The Labute approximate surface area is 131 Å². The van der Waals surface area contributed by atoms with Crippen LogP contribution < -0.4 is 0 Å². The molecule has 3 nitrogen and oxygen atoms in total. The van der Waals surface area contributed by atoms with Gasteiger partial charge in [-0.2, -0.15) is 5.26 Å². The molecule has 1 atom stereocenters. The molecule has 2 rings (SSSR count). The molecule has 0 aliphatic carbocycles. The highest BCUT2D eigenvalue weighted by Crippen LogP contribution is 2.29. The monoisotopic (exact) mass is 303 g/mol. The van der Waals surface area contributed by atoms with Crippen LogP contribution in [-0.4, -0.2) is 15.4 Å². The van der Waals surface area contributed by atoms with Gasteiger partial charge in [0.1, 0.15) is 5.82 Å². The first-order valence-electron chi connectivity index (χ1n) is 7.32. The Hall–Kier alpha value is -1.53. The summed E-state index contributed by atoms with van der Waals surface area (Å²) in [6.07, 6.45) is 0.745. The number of aromatic nitrogens is 2. The van der Waals surface area contributed by atoms with E-state index >= 15 is 0 Å². The maximum absolute atomic E-state index is 9.11. The lowest BCUT2D eigenvalue weighted by Gasteiger charge is -2.28. The van der Waals surface area contributed by atoms with Crippen LogP contribution in [0.25, 0.3) is 11.0 Å². The molecule has 0 bridgehead atoms. The van der Waals surface area contributed by atoms with Crippen molar-refractivity contribution in [1.29, 1.82) is 5.26 Å². The molecule has 0 aliphatic rings. The van der Waals surface area contributed by atoms with Crippen LogP contribution in [0.3, 0.4) is 0 Å². The van der Waals surface area contributed by atoms with Gasteiger partial charge in [-0.25, -0.2) is 4.98 Å². The molecule has 2 aromatic rings. The maximum atomic E-state index is 9.11. The Morgan fingerprint density at radius 1 is 1.38 bits per heavy atom. The molecule has 0 aliphatic heterocycles. The molecule has 0 spiro atoms. The van der Waals surface area contributed by atoms with Crippen molar-refractivity contribution in [1.82, 2.24) is 9.55 Å². The van der Waals surface area contributed by atoms with E-state index in [1.165, 1.54) is 0 Å². The number of halogens is 1. The van der Waals surface area contributed by atoms with Crippen molar-refractivity contribution in [2.45, 2.75) is 40.7 Å². The van der Waals surface area contributed by atoms with Crippen LogP contribution >= 0.6 is 11.6 Å². The Bertz CT molecular complexity index is 674. The summed E-state index contributed by atoms with van der Waals surface area (Å²) in [6.45, 7) is 9.89. The maximum Gasteiger partial charge on any atom is 0.111 e. The van der Waals surface area contributed by atoms with Crippen LogP contribution in [0, 0.1) is 22.7 Å². The number of hydrogen-bond acceptors (Lipinski definition) is 2. The lowest BCUT2D eigenvalue weighted by atomic mass is 9.82. The van der Waals surface area contributed by atoms with Crippen LogP contribution in [0.1, 0.15) is 39.1 Å². The summed E-state index contributed by atoms with van der Waals surface area (Å²) in [5.74, 6) is 2.05. The largest absolute Gasteiger partial charge is 0.328 e. The van der Waals surface area contributed by atoms with Crippen molar-refractivity contribution in [2.75, 3.05) is 5.88 Å². The third-order valence-electron chi connectivity index (χ3n) is 4.21. The third kappa shape index (κ3) is 3.39. The molecule has 1 aromatic heterocycles.